The van der Waals surface area contributed by atoms with Gasteiger partial charge in [-0.2, -0.15) is 0 Å². The molecule has 5 N–H and O–H groups in total. The van der Waals surface area contributed by atoms with Crippen LogP contribution in [0.3, 0.4) is 0 Å². The summed E-state index contributed by atoms with van der Waals surface area (Å²) in [5.74, 6) is 0. The van der Waals surface area contributed by atoms with Gasteiger partial charge < -0.3 is 30.4 Å². The molecule has 5 atom stereocenters. The van der Waals surface area contributed by atoms with E-state index in [9.17, 15) is 25.6 Å². The van der Waals surface area contributed by atoms with Crippen molar-refractivity contribution < 1.29 is 30.4 Å². The normalized spacial score (nSPS) is 31.3. The maximum atomic E-state index is 10.1. The van der Waals surface area contributed by atoms with E-state index >= 15 is 0 Å². The van der Waals surface area contributed by atoms with Gasteiger partial charge in [0.15, 0.2) is 0 Å². The molecule has 0 bridgehead atoms. The Balaban J connectivity index is 2.28. The molecule has 0 aromatic heterocycles. The Bertz CT molecular complexity index is 598. The number of oxime groups is 1. The fourth-order valence-electron chi connectivity index (χ4n) is 2.92. The molecule has 8 heteroatoms. The maximum Gasteiger partial charge on any atom is 0.146 e. The van der Waals surface area contributed by atoms with Crippen LogP contribution >= 0.6 is 11.8 Å². The molecule has 1 aromatic carbocycles. The molecular weight excluding hydrogens is 334 g/mol. The zero-order chi connectivity index (χ0) is 18.0. The maximum absolute atomic E-state index is 10.1. The highest BCUT2D eigenvalue weighted by atomic mass is 32.2. The average molecular weight is 357 g/mol. The van der Waals surface area contributed by atoms with Crippen molar-refractivity contribution in [3.8, 4) is 0 Å². The summed E-state index contributed by atoms with van der Waals surface area (Å²) in [5.41, 5.74) is 2.59. The Labute approximate surface area is 144 Å². The van der Waals surface area contributed by atoms with Gasteiger partial charge in [0.1, 0.15) is 34.9 Å². The third kappa shape index (κ3) is 3.74. The standard InChI is InChI=1S/C16H23NO6S/c1-7-4-8(2)11(9(3)5-7)15(17-22)24-16-14(21)13(20)12(19)10(6-18)23-16/h4-5,10,12-14,16,18-22H,6H2,1-3H3/b17-15-/t10-,12-,13+,14-,16+/m1/s1. The fraction of sp³-hybridized carbons (Fsp3) is 0.562. The molecule has 134 valence electrons. The highest BCUT2D eigenvalue weighted by Gasteiger charge is 2.44. The van der Waals surface area contributed by atoms with Crippen molar-refractivity contribution in [2.45, 2.75) is 50.6 Å². The first-order valence-electron chi connectivity index (χ1n) is 7.57. The molecule has 1 aromatic rings. The predicted octanol–water partition coefficient (Wildman–Crippen LogP) is 0.281. The summed E-state index contributed by atoms with van der Waals surface area (Å²) < 4.78 is 5.45. The van der Waals surface area contributed by atoms with Crippen molar-refractivity contribution in [1.29, 1.82) is 0 Å². The summed E-state index contributed by atoms with van der Waals surface area (Å²) in [6.07, 6.45) is -5.27. The number of rotatable bonds is 3. The van der Waals surface area contributed by atoms with Crippen molar-refractivity contribution in [2.75, 3.05) is 6.61 Å². The summed E-state index contributed by atoms with van der Waals surface area (Å²) in [6, 6.07) is 3.89. The summed E-state index contributed by atoms with van der Waals surface area (Å²) in [4.78, 5) is 0. The first-order valence-corrected chi connectivity index (χ1v) is 8.45. The molecule has 1 aliphatic heterocycles. The van der Waals surface area contributed by atoms with Crippen LogP contribution in [0, 0.1) is 20.8 Å². The summed E-state index contributed by atoms with van der Waals surface area (Å²) in [7, 11) is 0. The lowest BCUT2D eigenvalue weighted by Gasteiger charge is -2.39. The van der Waals surface area contributed by atoms with Crippen molar-refractivity contribution in [3.05, 3.63) is 34.4 Å². The Morgan fingerprint density at radius 2 is 1.67 bits per heavy atom. The molecule has 7 nitrogen and oxygen atoms in total. The number of nitrogens with zero attached hydrogens (tertiary/aromatic N) is 1. The lowest BCUT2D eigenvalue weighted by atomic mass is 10.0. The number of ether oxygens (including phenoxy) is 1. The van der Waals surface area contributed by atoms with Gasteiger partial charge in [-0.25, -0.2) is 0 Å². The van der Waals surface area contributed by atoms with Crippen LogP contribution in [0.15, 0.2) is 17.3 Å². The van der Waals surface area contributed by atoms with Crippen LogP contribution in [0.1, 0.15) is 22.3 Å². The van der Waals surface area contributed by atoms with Crippen LogP contribution in [-0.4, -0.2) is 67.1 Å². The second kappa shape index (κ2) is 7.81. The minimum atomic E-state index is -1.46. The van der Waals surface area contributed by atoms with Gasteiger partial charge in [0, 0.05) is 5.56 Å². The van der Waals surface area contributed by atoms with E-state index in [4.69, 9.17) is 4.74 Å². The molecule has 0 aliphatic carbocycles. The van der Waals surface area contributed by atoms with Crippen molar-refractivity contribution in [2.24, 2.45) is 5.16 Å². The highest BCUT2D eigenvalue weighted by molar-refractivity contribution is 8.14. The molecule has 1 fully saturated rings. The fourth-order valence-corrected chi connectivity index (χ4v) is 4.13. The van der Waals surface area contributed by atoms with Gasteiger partial charge in [0.2, 0.25) is 0 Å². The molecule has 0 radical (unpaired) electrons. The number of thioether (sulfide) groups is 1. The number of benzene rings is 1. The Hall–Kier alpha value is -1.16. The summed E-state index contributed by atoms with van der Waals surface area (Å²) in [6.45, 7) is 5.23. The summed E-state index contributed by atoms with van der Waals surface area (Å²) in [5, 5.41) is 52.0. The van der Waals surface area contributed by atoms with Crippen LogP contribution in [0.5, 0.6) is 0 Å². The third-order valence-corrected chi connectivity index (χ3v) is 5.19. The van der Waals surface area contributed by atoms with E-state index in [1.165, 1.54) is 0 Å². The second-order valence-electron chi connectivity index (χ2n) is 5.99. The topological polar surface area (TPSA) is 123 Å². The van der Waals surface area contributed by atoms with E-state index in [0.29, 0.717) is 5.56 Å². The number of hydrogen-bond acceptors (Lipinski definition) is 8. The molecule has 0 unspecified atom stereocenters. The summed E-state index contributed by atoms with van der Waals surface area (Å²) >= 11 is 0.932. The number of hydrogen-bond donors (Lipinski definition) is 5. The van der Waals surface area contributed by atoms with E-state index in [2.05, 4.69) is 5.16 Å². The lowest BCUT2D eigenvalue weighted by molar-refractivity contribution is -0.205. The van der Waals surface area contributed by atoms with Crippen LogP contribution in [0.4, 0.5) is 0 Å². The molecule has 0 spiro atoms. The van der Waals surface area contributed by atoms with Gasteiger partial charge in [0.05, 0.1) is 6.61 Å². The van der Waals surface area contributed by atoms with E-state index in [0.717, 1.165) is 28.5 Å². The van der Waals surface area contributed by atoms with Crippen molar-refractivity contribution in [1.82, 2.24) is 0 Å². The minimum absolute atomic E-state index is 0.231. The van der Waals surface area contributed by atoms with Crippen LogP contribution in [0.25, 0.3) is 0 Å². The minimum Gasteiger partial charge on any atom is -0.410 e. The average Bonchev–Trinajstić information content (AvgIpc) is 2.53. The van der Waals surface area contributed by atoms with E-state index < -0.39 is 36.5 Å². The van der Waals surface area contributed by atoms with Crippen molar-refractivity contribution >= 4 is 16.8 Å². The predicted molar refractivity (Wildman–Crippen MR) is 90.3 cm³/mol. The molecule has 0 amide bonds. The first kappa shape index (κ1) is 19.2. The van der Waals surface area contributed by atoms with E-state index in [-0.39, 0.29) is 5.04 Å². The van der Waals surface area contributed by atoms with Crippen LogP contribution < -0.4 is 0 Å². The molecule has 2 rings (SSSR count). The lowest BCUT2D eigenvalue weighted by Crippen LogP contribution is -2.57. The Kier molecular flexibility index (Phi) is 6.24. The van der Waals surface area contributed by atoms with Gasteiger partial charge in [-0.1, -0.05) is 34.6 Å². The van der Waals surface area contributed by atoms with Gasteiger partial charge in [-0.05, 0) is 31.9 Å². The van der Waals surface area contributed by atoms with Gasteiger partial charge in [0.25, 0.3) is 0 Å². The SMILES string of the molecule is Cc1cc(C)c(/C(=N/O)S[C@@H]2O[C@H](CO)[C@@H](O)[C@H](O)[C@H]2O)c(C)c1. The number of aliphatic hydroxyl groups excluding tert-OH is 4. The molecule has 1 heterocycles. The number of aryl methyl sites for hydroxylation is 3. The van der Waals surface area contributed by atoms with Crippen molar-refractivity contribution in [3.63, 3.8) is 0 Å². The largest absolute Gasteiger partial charge is 0.410 e. The first-order chi connectivity index (χ1) is 11.3. The zero-order valence-electron chi connectivity index (χ0n) is 13.7. The second-order valence-corrected chi connectivity index (χ2v) is 7.08. The smallest absolute Gasteiger partial charge is 0.146 e. The molecule has 0 saturated carbocycles. The number of aliphatic hydroxyl groups is 4. The Morgan fingerprint density at radius 3 is 2.17 bits per heavy atom. The Morgan fingerprint density at radius 1 is 1.08 bits per heavy atom. The van der Waals surface area contributed by atoms with E-state index in [1.54, 1.807) is 0 Å². The molecule has 1 saturated heterocycles. The van der Waals surface area contributed by atoms with Crippen LogP contribution in [0.2, 0.25) is 0 Å². The molecule has 1 aliphatic rings. The highest BCUT2D eigenvalue weighted by Crippen LogP contribution is 2.32. The molecular formula is C16H23NO6S. The van der Waals surface area contributed by atoms with Crippen LogP contribution in [-0.2, 0) is 4.74 Å². The zero-order valence-corrected chi connectivity index (χ0v) is 14.6. The third-order valence-electron chi connectivity index (χ3n) is 4.06. The van der Waals surface area contributed by atoms with Gasteiger partial charge in [-0.15, -0.1) is 0 Å². The molecule has 24 heavy (non-hydrogen) atoms. The monoisotopic (exact) mass is 357 g/mol. The quantitative estimate of drug-likeness (QED) is 0.228. The van der Waals surface area contributed by atoms with Gasteiger partial charge in [-0.3, -0.25) is 0 Å². The van der Waals surface area contributed by atoms with Gasteiger partial charge >= 0.3 is 0 Å². The van der Waals surface area contributed by atoms with E-state index in [1.807, 2.05) is 32.9 Å².